The van der Waals surface area contributed by atoms with E-state index in [0.717, 1.165) is 55.9 Å². The fourth-order valence-electron chi connectivity index (χ4n) is 4.24. The fraction of sp³-hybridized carbons (Fsp3) is 0.480. The first-order valence-corrected chi connectivity index (χ1v) is 11.1. The number of halogens is 2. The molecule has 5 nitrogen and oxygen atoms in total. The van der Waals surface area contributed by atoms with Crippen LogP contribution in [0.25, 0.3) is 0 Å². The molecule has 174 valence electrons. The Morgan fingerprint density at radius 2 is 1.91 bits per heavy atom. The summed E-state index contributed by atoms with van der Waals surface area (Å²) in [6, 6.07) is 11.4. The molecule has 7 heteroatoms. The third-order valence-corrected chi connectivity index (χ3v) is 5.94. The van der Waals surface area contributed by atoms with Crippen LogP contribution in [0.1, 0.15) is 28.8 Å². The molecule has 0 saturated carbocycles. The van der Waals surface area contributed by atoms with Gasteiger partial charge in [-0.25, -0.2) is 8.78 Å². The minimum Gasteiger partial charge on any atom is -0.496 e. The Balaban J connectivity index is 1.69. The topological polar surface area (TPSA) is 36.0 Å². The summed E-state index contributed by atoms with van der Waals surface area (Å²) >= 11 is 0. The van der Waals surface area contributed by atoms with Crippen molar-refractivity contribution in [2.24, 2.45) is 5.92 Å². The fourth-order valence-corrected chi connectivity index (χ4v) is 4.24. The van der Waals surface area contributed by atoms with Crippen molar-refractivity contribution in [3.05, 3.63) is 65.2 Å². The monoisotopic (exact) mass is 445 g/mol. The number of methoxy groups -OCH3 is 1. The molecule has 1 aliphatic rings. The number of nitrogens with zero attached hydrogens (tertiary/aromatic N) is 3. The molecule has 2 aromatic rings. The van der Waals surface area contributed by atoms with Crippen molar-refractivity contribution in [3.63, 3.8) is 0 Å². The van der Waals surface area contributed by atoms with E-state index in [1.807, 2.05) is 37.2 Å². The van der Waals surface area contributed by atoms with Crippen molar-refractivity contribution in [1.82, 2.24) is 14.7 Å². The van der Waals surface area contributed by atoms with E-state index in [0.29, 0.717) is 25.6 Å². The first-order chi connectivity index (χ1) is 15.4. The van der Waals surface area contributed by atoms with Gasteiger partial charge in [-0.3, -0.25) is 9.69 Å². The van der Waals surface area contributed by atoms with Crippen LogP contribution in [0.4, 0.5) is 8.78 Å². The Bertz CT molecular complexity index is 907. The molecule has 1 aliphatic heterocycles. The third kappa shape index (κ3) is 6.50. The zero-order valence-corrected chi connectivity index (χ0v) is 19.2. The molecule has 3 rings (SSSR count). The van der Waals surface area contributed by atoms with Crippen molar-refractivity contribution in [2.75, 3.05) is 53.9 Å². The number of likely N-dealkylation sites (tertiary alicyclic amines) is 1. The van der Waals surface area contributed by atoms with E-state index in [1.54, 1.807) is 12.0 Å². The molecule has 32 heavy (non-hydrogen) atoms. The minimum atomic E-state index is -0.996. The molecule has 1 saturated heterocycles. The van der Waals surface area contributed by atoms with Crippen LogP contribution < -0.4 is 4.74 Å². The van der Waals surface area contributed by atoms with Crippen LogP contribution in [0.5, 0.6) is 5.75 Å². The van der Waals surface area contributed by atoms with Gasteiger partial charge in [0.15, 0.2) is 11.6 Å². The second-order valence-corrected chi connectivity index (χ2v) is 8.74. The van der Waals surface area contributed by atoms with Gasteiger partial charge < -0.3 is 14.5 Å². The number of rotatable bonds is 9. The highest BCUT2D eigenvalue weighted by Crippen LogP contribution is 2.24. The number of para-hydroxylation sites is 1. The SMILES string of the molecule is COc1ccccc1CN1CCCC(CN(CCN(C)C)C(=O)c2ccc(F)c(F)c2)C1. The van der Waals surface area contributed by atoms with E-state index in [1.165, 1.54) is 6.07 Å². The van der Waals surface area contributed by atoms with Gasteiger partial charge in [0.2, 0.25) is 0 Å². The van der Waals surface area contributed by atoms with E-state index in [4.69, 9.17) is 4.74 Å². The van der Waals surface area contributed by atoms with Gasteiger partial charge in [0.25, 0.3) is 5.91 Å². The first kappa shape index (κ1) is 24.1. The number of ether oxygens (including phenoxy) is 1. The van der Waals surface area contributed by atoms with Crippen molar-refractivity contribution in [2.45, 2.75) is 19.4 Å². The Kier molecular flexibility index (Phi) is 8.59. The summed E-state index contributed by atoms with van der Waals surface area (Å²) in [5, 5.41) is 0. The highest BCUT2D eigenvalue weighted by atomic mass is 19.2. The van der Waals surface area contributed by atoms with Gasteiger partial charge in [0.05, 0.1) is 7.11 Å². The summed E-state index contributed by atoms with van der Waals surface area (Å²) in [5.74, 6) is -0.997. The van der Waals surface area contributed by atoms with Gasteiger partial charge in [-0.15, -0.1) is 0 Å². The lowest BCUT2D eigenvalue weighted by Crippen LogP contribution is -2.44. The van der Waals surface area contributed by atoms with E-state index >= 15 is 0 Å². The summed E-state index contributed by atoms with van der Waals surface area (Å²) in [7, 11) is 5.59. The van der Waals surface area contributed by atoms with Crippen LogP contribution in [0.2, 0.25) is 0 Å². The maximum absolute atomic E-state index is 13.7. The van der Waals surface area contributed by atoms with Crippen molar-refractivity contribution < 1.29 is 18.3 Å². The molecule has 0 aliphatic carbocycles. The minimum absolute atomic E-state index is 0.185. The second kappa shape index (κ2) is 11.4. The number of hydrogen-bond acceptors (Lipinski definition) is 4. The van der Waals surface area contributed by atoms with Crippen molar-refractivity contribution in [3.8, 4) is 5.75 Å². The number of hydrogen-bond donors (Lipinski definition) is 0. The summed E-state index contributed by atoms with van der Waals surface area (Å²) < 4.78 is 32.6. The van der Waals surface area contributed by atoms with Gasteiger partial charge in [0.1, 0.15) is 5.75 Å². The zero-order valence-electron chi connectivity index (χ0n) is 19.2. The molecule has 0 spiro atoms. The molecule has 2 aromatic carbocycles. The van der Waals surface area contributed by atoms with E-state index in [-0.39, 0.29) is 11.5 Å². The molecule has 1 heterocycles. The molecule has 0 aromatic heterocycles. The number of carbonyl (C=O) groups excluding carboxylic acids is 1. The lowest BCUT2D eigenvalue weighted by atomic mass is 9.96. The van der Waals surface area contributed by atoms with Crippen molar-refractivity contribution >= 4 is 5.91 Å². The van der Waals surface area contributed by atoms with Crippen LogP contribution in [0.3, 0.4) is 0 Å². The summed E-state index contributed by atoms with van der Waals surface area (Å²) in [6.07, 6.45) is 2.09. The average Bonchev–Trinajstić information content (AvgIpc) is 2.78. The second-order valence-electron chi connectivity index (χ2n) is 8.74. The number of carbonyl (C=O) groups is 1. The molecule has 0 bridgehead atoms. The Morgan fingerprint density at radius 1 is 1.12 bits per heavy atom. The highest BCUT2D eigenvalue weighted by molar-refractivity contribution is 5.94. The Hall–Kier alpha value is -2.51. The van der Waals surface area contributed by atoms with E-state index in [2.05, 4.69) is 11.0 Å². The standard InChI is InChI=1S/C25H33F2N3O2/c1-28(2)13-14-30(25(31)20-10-11-22(26)23(27)15-20)17-19-7-6-12-29(16-19)18-21-8-4-5-9-24(21)32-3/h4-5,8-11,15,19H,6-7,12-14,16-18H2,1-3H3. The Labute approximate surface area is 189 Å². The Morgan fingerprint density at radius 3 is 2.62 bits per heavy atom. The molecule has 0 radical (unpaired) electrons. The molecule has 1 amide bonds. The number of benzene rings is 2. The average molecular weight is 446 g/mol. The van der Waals surface area contributed by atoms with Gasteiger partial charge in [-0.2, -0.15) is 0 Å². The summed E-state index contributed by atoms with van der Waals surface area (Å²) in [5.41, 5.74) is 1.34. The van der Waals surface area contributed by atoms with Crippen LogP contribution in [0.15, 0.2) is 42.5 Å². The summed E-state index contributed by atoms with van der Waals surface area (Å²) in [4.78, 5) is 19.3. The normalized spacial score (nSPS) is 16.9. The van der Waals surface area contributed by atoms with E-state index < -0.39 is 11.6 Å². The largest absolute Gasteiger partial charge is 0.496 e. The maximum Gasteiger partial charge on any atom is 0.254 e. The molecular weight excluding hydrogens is 412 g/mol. The quantitative estimate of drug-likeness (QED) is 0.587. The number of amides is 1. The van der Waals surface area contributed by atoms with Gasteiger partial charge >= 0.3 is 0 Å². The van der Waals surface area contributed by atoms with Crippen LogP contribution in [-0.4, -0.2) is 74.5 Å². The predicted octanol–water partition coefficient (Wildman–Crippen LogP) is 3.89. The molecule has 0 N–H and O–H groups in total. The van der Waals surface area contributed by atoms with E-state index in [9.17, 15) is 13.6 Å². The van der Waals surface area contributed by atoms with Gasteiger partial charge in [-0.05, 0) is 63.7 Å². The van der Waals surface area contributed by atoms with Crippen molar-refractivity contribution in [1.29, 1.82) is 0 Å². The molecule has 1 unspecified atom stereocenters. The number of piperidine rings is 1. The van der Waals surface area contributed by atoms with Gasteiger partial charge in [-0.1, -0.05) is 18.2 Å². The third-order valence-electron chi connectivity index (χ3n) is 5.94. The highest BCUT2D eigenvalue weighted by Gasteiger charge is 2.26. The molecular formula is C25H33F2N3O2. The zero-order chi connectivity index (χ0) is 23.1. The predicted molar refractivity (Wildman–Crippen MR) is 122 cm³/mol. The van der Waals surface area contributed by atoms with Gasteiger partial charge in [0, 0.05) is 43.9 Å². The number of likely N-dealkylation sites (N-methyl/N-ethyl adjacent to an activating group) is 1. The summed E-state index contributed by atoms with van der Waals surface area (Å²) in [6.45, 7) is 4.51. The smallest absolute Gasteiger partial charge is 0.254 e. The molecule has 1 fully saturated rings. The first-order valence-electron chi connectivity index (χ1n) is 11.1. The lowest BCUT2D eigenvalue weighted by molar-refractivity contribution is 0.0659. The van der Waals surface area contributed by atoms with Crippen LogP contribution >= 0.6 is 0 Å². The lowest BCUT2D eigenvalue weighted by Gasteiger charge is -2.36. The van der Waals surface area contributed by atoms with Crippen LogP contribution in [-0.2, 0) is 6.54 Å². The van der Waals surface area contributed by atoms with Crippen LogP contribution in [0, 0.1) is 17.6 Å². The molecule has 1 atom stereocenters. The maximum atomic E-state index is 13.7.